The molecule has 3 aromatic carbocycles. The van der Waals surface area contributed by atoms with Crippen LogP contribution in [0, 0.1) is 0 Å². The normalized spacial score (nSPS) is 11.1. The molecular formula is C27H26ClNO6. The third-order valence-electron chi connectivity index (χ3n) is 5.10. The van der Waals surface area contributed by atoms with Crippen molar-refractivity contribution in [3.05, 3.63) is 70.2 Å². The second-order valence-corrected chi connectivity index (χ2v) is 7.77. The van der Waals surface area contributed by atoms with E-state index in [1.807, 2.05) is 18.2 Å². The first-order chi connectivity index (χ1) is 16.9. The molecule has 7 nitrogen and oxygen atoms in total. The van der Waals surface area contributed by atoms with Crippen LogP contribution >= 0.6 is 11.6 Å². The van der Waals surface area contributed by atoms with Gasteiger partial charge in [0.2, 0.25) is 5.75 Å². The van der Waals surface area contributed by atoms with Crippen molar-refractivity contribution < 1.29 is 28.8 Å². The molecule has 0 bridgehead atoms. The van der Waals surface area contributed by atoms with E-state index in [1.165, 1.54) is 13.3 Å². The summed E-state index contributed by atoms with van der Waals surface area (Å²) in [6, 6.07) is 13.6. The first-order valence-electron chi connectivity index (χ1n) is 10.6. The lowest BCUT2D eigenvalue weighted by molar-refractivity contribution is 0.100. The molecule has 0 saturated carbocycles. The van der Waals surface area contributed by atoms with Crippen LogP contribution in [0.15, 0.2) is 53.5 Å². The number of methoxy groups -OCH3 is 4. The maximum absolute atomic E-state index is 12.4. The van der Waals surface area contributed by atoms with Gasteiger partial charge in [-0.2, -0.15) is 0 Å². The molecule has 0 aliphatic carbocycles. The average molecular weight is 496 g/mol. The number of benzene rings is 3. The summed E-state index contributed by atoms with van der Waals surface area (Å²) in [4.78, 5) is 16.8. The quantitative estimate of drug-likeness (QED) is 0.204. The van der Waals surface area contributed by atoms with Crippen LogP contribution < -0.4 is 18.9 Å². The number of hydrogen-bond donors (Lipinski definition) is 1. The van der Waals surface area contributed by atoms with Gasteiger partial charge in [-0.1, -0.05) is 23.8 Å². The van der Waals surface area contributed by atoms with Gasteiger partial charge in [0.15, 0.2) is 28.8 Å². The minimum atomic E-state index is -0.105. The fourth-order valence-corrected chi connectivity index (χ4v) is 3.52. The molecule has 0 spiro atoms. The molecule has 0 unspecified atom stereocenters. The number of phenolic OH excluding ortho intramolecular Hbond substituents is 1. The first kappa shape index (κ1) is 25.6. The van der Waals surface area contributed by atoms with Crippen LogP contribution in [-0.2, 0) is 0 Å². The molecule has 3 rings (SSSR count). The Balaban J connectivity index is 1.85. The third kappa shape index (κ3) is 6.33. The maximum atomic E-state index is 12.4. The fourth-order valence-electron chi connectivity index (χ4n) is 3.39. The molecule has 0 fully saturated rings. The van der Waals surface area contributed by atoms with Gasteiger partial charge in [0.1, 0.15) is 5.69 Å². The highest BCUT2D eigenvalue weighted by Crippen LogP contribution is 2.40. The van der Waals surface area contributed by atoms with E-state index in [9.17, 15) is 9.90 Å². The number of carbonyl (C=O) groups is 1. The number of phenols is 1. The summed E-state index contributed by atoms with van der Waals surface area (Å²) in [5, 5.41) is 11.0. The van der Waals surface area contributed by atoms with Gasteiger partial charge in [-0.15, -0.1) is 0 Å². The highest BCUT2D eigenvalue weighted by atomic mass is 35.5. The highest BCUT2D eigenvalue weighted by Gasteiger charge is 2.13. The molecule has 8 heteroatoms. The number of nitrogens with zero attached hydrogens (tertiary/aromatic N) is 1. The summed E-state index contributed by atoms with van der Waals surface area (Å²) < 4.78 is 21.4. The van der Waals surface area contributed by atoms with Gasteiger partial charge in [-0.05, 0) is 59.7 Å². The van der Waals surface area contributed by atoms with Crippen LogP contribution in [-0.4, -0.2) is 45.5 Å². The maximum Gasteiger partial charge on any atom is 0.203 e. The Morgan fingerprint density at radius 1 is 0.857 bits per heavy atom. The molecule has 0 aliphatic rings. The Kier molecular flexibility index (Phi) is 8.75. The Hall–Kier alpha value is -3.97. The van der Waals surface area contributed by atoms with E-state index in [2.05, 4.69) is 4.99 Å². The van der Waals surface area contributed by atoms with Crippen LogP contribution in [0.3, 0.4) is 0 Å². The van der Waals surface area contributed by atoms with Gasteiger partial charge >= 0.3 is 0 Å². The monoisotopic (exact) mass is 495 g/mol. The van der Waals surface area contributed by atoms with E-state index in [-0.39, 0.29) is 23.7 Å². The van der Waals surface area contributed by atoms with E-state index >= 15 is 0 Å². The number of aliphatic imine (C=N–C) groups is 1. The van der Waals surface area contributed by atoms with Crippen molar-refractivity contribution in [1.29, 1.82) is 0 Å². The van der Waals surface area contributed by atoms with Gasteiger partial charge in [0, 0.05) is 23.2 Å². The van der Waals surface area contributed by atoms with Crippen LogP contribution in [0.2, 0.25) is 5.02 Å². The van der Waals surface area contributed by atoms with Crippen molar-refractivity contribution >= 4 is 41.4 Å². The van der Waals surface area contributed by atoms with E-state index in [0.717, 1.165) is 5.56 Å². The van der Waals surface area contributed by atoms with Gasteiger partial charge in [0.25, 0.3) is 0 Å². The second kappa shape index (κ2) is 11.9. The van der Waals surface area contributed by atoms with Crippen LogP contribution in [0.1, 0.15) is 27.9 Å². The predicted molar refractivity (Wildman–Crippen MR) is 138 cm³/mol. The van der Waals surface area contributed by atoms with Crippen molar-refractivity contribution in [2.75, 3.05) is 28.4 Å². The number of aromatic hydroxyl groups is 1. The molecule has 182 valence electrons. The predicted octanol–water partition coefficient (Wildman–Crippen LogP) is 6.23. The zero-order chi connectivity index (χ0) is 25.4. The Labute approximate surface area is 209 Å². The van der Waals surface area contributed by atoms with E-state index in [1.54, 1.807) is 63.8 Å². The Bertz CT molecular complexity index is 1230. The van der Waals surface area contributed by atoms with E-state index in [0.29, 0.717) is 39.1 Å². The largest absolute Gasteiger partial charge is 0.504 e. The highest BCUT2D eigenvalue weighted by molar-refractivity contribution is 6.30. The smallest absolute Gasteiger partial charge is 0.203 e. The SMILES string of the molecule is COc1cc(/C=C\c2cc(O)c(OC)c(N=CCC(=O)c3ccc(Cl)cc3)c2)cc(OC)c1OC. The minimum absolute atomic E-state index is 0.0734. The lowest BCUT2D eigenvalue weighted by atomic mass is 10.1. The van der Waals surface area contributed by atoms with Crippen LogP contribution in [0.25, 0.3) is 12.2 Å². The molecule has 0 aliphatic heterocycles. The van der Waals surface area contributed by atoms with Crippen molar-refractivity contribution in [3.8, 4) is 28.7 Å². The molecule has 0 saturated heterocycles. The zero-order valence-electron chi connectivity index (χ0n) is 19.9. The van der Waals surface area contributed by atoms with E-state index < -0.39 is 0 Å². The average Bonchev–Trinajstić information content (AvgIpc) is 2.86. The number of ketones is 1. The number of hydrogen-bond acceptors (Lipinski definition) is 7. The van der Waals surface area contributed by atoms with Gasteiger partial charge in [-0.25, -0.2) is 0 Å². The third-order valence-corrected chi connectivity index (χ3v) is 5.36. The van der Waals surface area contributed by atoms with Crippen molar-refractivity contribution in [2.45, 2.75) is 6.42 Å². The van der Waals surface area contributed by atoms with Crippen molar-refractivity contribution in [3.63, 3.8) is 0 Å². The van der Waals surface area contributed by atoms with Crippen molar-refractivity contribution in [1.82, 2.24) is 0 Å². The Morgan fingerprint density at radius 2 is 1.43 bits per heavy atom. The summed E-state index contributed by atoms with van der Waals surface area (Å²) in [5.74, 6) is 1.59. The second-order valence-electron chi connectivity index (χ2n) is 7.33. The summed E-state index contributed by atoms with van der Waals surface area (Å²) in [7, 11) is 6.09. The number of rotatable bonds is 10. The van der Waals surface area contributed by atoms with Crippen molar-refractivity contribution in [2.24, 2.45) is 4.99 Å². The lowest BCUT2D eigenvalue weighted by Crippen LogP contribution is -1.99. The molecule has 0 atom stereocenters. The fraction of sp³-hybridized carbons (Fsp3) is 0.185. The number of Topliss-reactive ketones (excluding diaryl/α,β-unsaturated/α-hetero) is 1. The lowest BCUT2D eigenvalue weighted by Gasteiger charge is -2.13. The summed E-state index contributed by atoms with van der Waals surface area (Å²) in [6.45, 7) is 0. The molecule has 0 amide bonds. The molecule has 0 heterocycles. The molecule has 35 heavy (non-hydrogen) atoms. The van der Waals surface area contributed by atoms with Crippen LogP contribution in [0.4, 0.5) is 5.69 Å². The number of ether oxygens (including phenoxy) is 4. The zero-order valence-corrected chi connectivity index (χ0v) is 20.6. The summed E-state index contributed by atoms with van der Waals surface area (Å²) >= 11 is 5.87. The molecule has 0 radical (unpaired) electrons. The van der Waals surface area contributed by atoms with E-state index in [4.69, 9.17) is 30.5 Å². The summed E-state index contributed by atoms with van der Waals surface area (Å²) in [6.07, 6.45) is 5.21. The molecule has 3 aromatic rings. The minimum Gasteiger partial charge on any atom is -0.504 e. The number of halogens is 1. The molecule has 0 aromatic heterocycles. The van der Waals surface area contributed by atoms with Gasteiger partial charge in [-0.3, -0.25) is 9.79 Å². The van der Waals surface area contributed by atoms with Crippen LogP contribution in [0.5, 0.6) is 28.7 Å². The molecular weight excluding hydrogens is 470 g/mol. The topological polar surface area (TPSA) is 86.6 Å². The summed E-state index contributed by atoms with van der Waals surface area (Å²) in [5.41, 5.74) is 2.40. The standard InChI is InChI=1S/C27H26ClNO6/c1-32-24-15-18(16-25(33-2)27(24)35-4)6-5-17-13-21(26(34-3)23(31)14-17)29-12-11-22(30)19-7-9-20(28)10-8-19/h5-10,12-16,31H,11H2,1-4H3/b6-5-,29-12?. The number of carbonyl (C=O) groups excluding carboxylic acids is 1. The van der Waals surface area contributed by atoms with Gasteiger partial charge in [0.05, 0.1) is 28.4 Å². The Morgan fingerprint density at radius 3 is 1.97 bits per heavy atom. The first-order valence-corrected chi connectivity index (χ1v) is 11.0. The molecule has 1 N–H and O–H groups in total. The van der Waals surface area contributed by atoms with Gasteiger partial charge < -0.3 is 24.1 Å².